The molecule has 3 atom stereocenters. The summed E-state index contributed by atoms with van der Waals surface area (Å²) < 4.78 is 15.6. The molecule has 6 N–H and O–H groups in total. The molecule has 0 bridgehead atoms. The van der Waals surface area contributed by atoms with E-state index in [2.05, 4.69) is 0 Å². The van der Waals surface area contributed by atoms with Crippen LogP contribution in [-0.4, -0.2) is 50.5 Å². The summed E-state index contributed by atoms with van der Waals surface area (Å²) in [5, 5.41) is 24.3. The van der Waals surface area contributed by atoms with Gasteiger partial charge in [-0.2, -0.15) is 0 Å². The van der Waals surface area contributed by atoms with Gasteiger partial charge in [-0.25, -0.2) is 0 Å². The fourth-order valence-corrected chi connectivity index (χ4v) is 5.26. The van der Waals surface area contributed by atoms with Crippen molar-refractivity contribution in [2.75, 3.05) is 0 Å². The van der Waals surface area contributed by atoms with Crippen molar-refractivity contribution >= 4 is 35.2 Å². The van der Waals surface area contributed by atoms with Crippen molar-refractivity contribution in [3.05, 3.63) is 108 Å². The molecule has 0 radical (unpaired) electrons. The van der Waals surface area contributed by atoms with E-state index in [0.29, 0.717) is 16.7 Å². The van der Waals surface area contributed by atoms with Crippen molar-refractivity contribution in [3.63, 3.8) is 0 Å². The van der Waals surface area contributed by atoms with Crippen LogP contribution in [0, 0.1) is 0 Å². The van der Waals surface area contributed by atoms with Gasteiger partial charge in [-0.05, 0) is 0 Å². The molecule has 3 rings (SSSR count). The first-order valence-electron chi connectivity index (χ1n) is 10.3. The molecule has 3 aromatic rings. The molecule has 3 aromatic carbocycles. The van der Waals surface area contributed by atoms with Gasteiger partial charge in [0.2, 0.25) is 0 Å². The zero-order valence-corrected chi connectivity index (χ0v) is 20.3. The number of carbonyl (C=O) groups is 3. The molecular weight excluding hydrogens is 502 g/mol. The van der Waals surface area contributed by atoms with E-state index in [9.17, 15) is 14.4 Å². The second-order valence-electron chi connectivity index (χ2n) is 7.13. The van der Waals surface area contributed by atoms with Gasteiger partial charge in [-0.3, -0.25) is 0 Å². The number of rotatable bonds is 9. The van der Waals surface area contributed by atoms with Crippen LogP contribution in [0.3, 0.4) is 0 Å². The first-order valence-corrected chi connectivity index (χ1v) is 13.2. The molecular formula is C24H24GaO9+3. The number of benzene rings is 3. The van der Waals surface area contributed by atoms with Gasteiger partial charge in [-0.1, -0.05) is 0 Å². The summed E-state index contributed by atoms with van der Waals surface area (Å²) >= 11 is -4.45. The summed E-state index contributed by atoms with van der Waals surface area (Å²) in [5.41, 5.74) is 1.03. The van der Waals surface area contributed by atoms with Crippen LogP contribution in [0.15, 0.2) is 91.0 Å². The maximum absolute atomic E-state index is 12.6. The number of hydrogen-bond donors (Lipinski definition) is 0. The summed E-state index contributed by atoms with van der Waals surface area (Å²) in [6, 6.07) is 24.4. The standard InChI is InChI=1S/3C8H8O3.Ga/c3*9-7(8(10)11)6-4-2-1-3-5-6;/h3*1-5,7,9H,(H,10,11);/q;;;+3/t2*7-;;/m11../s1. The molecule has 0 fully saturated rings. The van der Waals surface area contributed by atoms with E-state index in [1.165, 1.54) is 0 Å². The van der Waals surface area contributed by atoms with Crippen LogP contribution in [0.4, 0.5) is 0 Å². The monoisotopic (exact) mass is 525 g/mol. The molecule has 0 aliphatic carbocycles. The second-order valence-corrected chi connectivity index (χ2v) is 9.83. The molecule has 34 heavy (non-hydrogen) atoms. The molecule has 0 saturated carbocycles. The molecule has 0 aliphatic heterocycles. The SMILES string of the molecule is O=C([O][Ga]([O]C(=O)[C@H]([OH2+])c1ccccc1)[O]C(=O)[C@H]([OH2+])c1ccccc1)C([OH2+])c1ccccc1. The Labute approximate surface area is 201 Å². The Morgan fingerprint density at radius 2 is 0.735 bits per heavy atom. The maximum atomic E-state index is 12.6. The Bertz CT molecular complexity index is 952. The van der Waals surface area contributed by atoms with Crippen molar-refractivity contribution in [1.29, 1.82) is 0 Å². The fraction of sp³-hybridized carbons (Fsp3) is 0.125. The predicted octanol–water partition coefficient (Wildman–Crippen LogP) is 0.999. The van der Waals surface area contributed by atoms with Crippen LogP contribution in [0.2, 0.25) is 0 Å². The quantitative estimate of drug-likeness (QED) is 0.300. The van der Waals surface area contributed by atoms with Crippen molar-refractivity contribution in [2.45, 2.75) is 18.3 Å². The molecule has 1 unspecified atom stereocenters. The van der Waals surface area contributed by atoms with E-state index in [1.807, 2.05) is 0 Å². The van der Waals surface area contributed by atoms with E-state index >= 15 is 0 Å². The third-order valence-corrected chi connectivity index (χ3v) is 7.42. The van der Waals surface area contributed by atoms with Gasteiger partial charge in [0.25, 0.3) is 0 Å². The molecule has 0 aliphatic rings. The molecule has 174 valence electrons. The average molecular weight is 526 g/mol. The van der Waals surface area contributed by atoms with Crippen LogP contribution in [0.1, 0.15) is 35.0 Å². The molecule has 9 nitrogen and oxygen atoms in total. The molecule has 10 heteroatoms. The summed E-state index contributed by atoms with van der Waals surface area (Å²) in [4.78, 5) is 37.7. The summed E-state index contributed by atoms with van der Waals surface area (Å²) in [5.74, 6) is -3.17. The molecule has 0 heterocycles. The third kappa shape index (κ3) is 6.79. The fourth-order valence-electron chi connectivity index (χ4n) is 2.91. The van der Waals surface area contributed by atoms with Crippen LogP contribution in [0.5, 0.6) is 0 Å². The minimum atomic E-state index is -4.45. The third-order valence-electron chi connectivity index (χ3n) is 4.74. The van der Waals surface area contributed by atoms with Crippen LogP contribution < -0.4 is 0 Å². The Balaban J connectivity index is 1.75. The van der Waals surface area contributed by atoms with E-state index in [1.54, 1.807) is 91.0 Å². The Kier molecular flexibility index (Phi) is 9.02. The Hall–Kier alpha value is -3.41. The van der Waals surface area contributed by atoms with Gasteiger partial charge < -0.3 is 0 Å². The van der Waals surface area contributed by atoms with Crippen LogP contribution in [-0.2, 0) is 25.0 Å². The van der Waals surface area contributed by atoms with Gasteiger partial charge in [0.15, 0.2) is 0 Å². The molecule has 0 aromatic heterocycles. The normalized spacial score (nSPS) is 13.1. The van der Waals surface area contributed by atoms with Gasteiger partial charge in [0, 0.05) is 0 Å². The Morgan fingerprint density at radius 1 is 0.500 bits per heavy atom. The van der Waals surface area contributed by atoms with Crippen molar-refractivity contribution in [1.82, 2.24) is 0 Å². The summed E-state index contributed by atoms with van der Waals surface area (Å²) in [6.07, 6.45) is -4.35. The molecule has 0 spiro atoms. The van der Waals surface area contributed by atoms with E-state index in [0.717, 1.165) is 0 Å². The average Bonchev–Trinajstić information content (AvgIpc) is 2.88. The van der Waals surface area contributed by atoms with Crippen molar-refractivity contribution < 1.29 is 40.3 Å². The van der Waals surface area contributed by atoms with Gasteiger partial charge in [-0.15, -0.1) is 0 Å². The van der Waals surface area contributed by atoms with Gasteiger partial charge >= 0.3 is 202 Å². The first-order chi connectivity index (χ1) is 16.4. The minimum absolute atomic E-state index is 0.344. The van der Waals surface area contributed by atoms with Crippen molar-refractivity contribution in [2.24, 2.45) is 0 Å². The van der Waals surface area contributed by atoms with Gasteiger partial charge in [0.05, 0.1) is 0 Å². The zero-order valence-electron chi connectivity index (χ0n) is 17.9. The first kappa shape index (κ1) is 25.2. The number of carbonyl (C=O) groups excluding carboxylic acids is 3. The zero-order chi connectivity index (χ0) is 24.5. The van der Waals surface area contributed by atoms with E-state index in [4.69, 9.17) is 25.9 Å². The molecule has 0 saturated heterocycles. The summed E-state index contributed by atoms with van der Waals surface area (Å²) in [7, 11) is 0. The predicted molar refractivity (Wildman–Crippen MR) is 122 cm³/mol. The summed E-state index contributed by atoms with van der Waals surface area (Å²) in [6.45, 7) is 0. The van der Waals surface area contributed by atoms with E-state index < -0.39 is 53.5 Å². The topological polar surface area (TPSA) is 148 Å². The van der Waals surface area contributed by atoms with Crippen LogP contribution >= 0.6 is 0 Å². The Morgan fingerprint density at radius 3 is 0.971 bits per heavy atom. The van der Waals surface area contributed by atoms with Crippen LogP contribution in [0.25, 0.3) is 0 Å². The van der Waals surface area contributed by atoms with Gasteiger partial charge in [0.1, 0.15) is 0 Å². The second kappa shape index (κ2) is 12.2. The molecule has 0 amide bonds. The van der Waals surface area contributed by atoms with Crippen molar-refractivity contribution in [3.8, 4) is 0 Å². The number of hydrogen-bond acceptors (Lipinski definition) is 6. The van der Waals surface area contributed by atoms with E-state index in [-0.39, 0.29) is 0 Å².